The maximum absolute atomic E-state index is 13.4. The number of phenolic OH excluding ortho intramolecular Hbond substituents is 2. The number of aliphatic hydroxyl groups excluding tert-OH is 2. The zero-order valence-electron chi connectivity index (χ0n) is 20.0. The summed E-state index contributed by atoms with van der Waals surface area (Å²) in [5.74, 6) is -2.14. The third-order valence-corrected chi connectivity index (χ3v) is 7.75. The molecule has 10 heteroatoms. The minimum Gasteiger partial charge on any atom is -0.507 e. The maximum Gasteiger partial charge on any atom is 0.198 e. The zero-order valence-corrected chi connectivity index (χ0v) is 20.0. The van der Waals surface area contributed by atoms with Gasteiger partial charge in [0.05, 0.1) is 35.5 Å². The number of carbonyl (C=O) groups excluding carboxylic acids is 2. The van der Waals surface area contributed by atoms with Crippen molar-refractivity contribution >= 4 is 11.6 Å². The molecule has 8 N–H and O–H groups in total. The zero-order chi connectivity index (χ0) is 26.1. The minimum absolute atomic E-state index is 0.0220. The van der Waals surface area contributed by atoms with E-state index in [1.165, 1.54) is 19.1 Å². The van der Waals surface area contributed by atoms with E-state index in [9.17, 15) is 30.0 Å². The smallest absolute Gasteiger partial charge is 0.198 e. The highest BCUT2D eigenvalue weighted by atomic mass is 16.7. The molecule has 1 fully saturated rings. The lowest BCUT2D eigenvalue weighted by atomic mass is 9.70. The highest BCUT2D eigenvalue weighted by Crippen LogP contribution is 2.51. The fourth-order valence-corrected chi connectivity index (χ4v) is 5.55. The van der Waals surface area contributed by atoms with E-state index in [1.54, 1.807) is 19.1 Å². The number of fused-ring (bicyclic) bond motifs is 3. The number of aliphatic hydroxyl groups is 2. The Balaban J connectivity index is 1.66. The molecule has 0 aromatic heterocycles. The first-order valence-electron chi connectivity index (χ1n) is 11.9. The van der Waals surface area contributed by atoms with Gasteiger partial charge in [0, 0.05) is 40.3 Å². The van der Waals surface area contributed by atoms with Gasteiger partial charge < -0.3 is 41.4 Å². The average molecular weight is 499 g/mol. The van der Waals surface area contributed by atoms with Crippen molar-refractivity contribution in [2.75, 3.05) is 0 Å². The first kappa shape index (κ1) is 24.8. The van der Waals surface area contributed by atoms with E-state index in [0.29, 0.717) is 0 Å². The standard InChI is InChI=1S/C26H30N2O8/c1-10-21(30)15(27)7-17(35-10)36-16-9-26(28,11(2)29)8-14-18(16)25(34)20-19(24(14)33)22(31)12-5-3-4-6-13(12)23(20)32/h3-6,10-11,15-17,21,29-30,33-34H,7-9,27-28H2,1-2H3/t10-,11?,15-,16-,17-,21-,26-/m0/s1. The molecule has 2 aliphatic carbocycles. The number of rotatable bonds is 3. The fourth-order valence-electron chi connectivity index (χ4n) is 5.55. The van der Waals surface area contributed by atoms with Crippen LogP contribution < -0.4 is 11.5 Å². The molecule has 1 heterocycles. The van der Waals surface area contributed by atoms with Crippen molar-refractivity contribution in [3.63, 3.8) is 0 Å². The van der Waals surface area contributed by atoms with Crippen LogP contribution in [0.15, 0.2) is 24.3 Å². The van der Waals surface area contributed by atoms with Crippen molar-refractivity contribution in [3.8, 4) is 11.5 Å². The lowest BCUT2D eigenvalue weighted by Crippen LogP contribution is -2.56. The summed E-state index contributed by atoms with van der Waals surface area (Å²) < 4.78 is 11.9. The van der Waals surface area contributed by atoms with Crippen LogP contribution in [0.4, 0.5) is 0 Å². The summed E-state index contributed by atoms with van der Waals surface area (Å²) >= 11 is 0. The summed E-state index contributed by atoms with van der Waals surface area (Å²) in [6, 6.07) is 5.58. The second kappa shape index (κ2) is 8.62. The topological polar surface area (TPSA) is 186 Å². The van der Waals surface area contributed by atoms with E-state index < -0.39 is 65.4 Å². The number of aromatic hydroxyl groups is 2. The van der Waals surface area contributed by atoms with Crippen molar-refractivity contribution in [2.45, 2.75) is 75.4 Å². The van der Waals surface area contributed by atoms with E-state index in [1.807, 2.05) is 0 Å². The summed E-state index contributed by atoms with van der Waals surface area (Å²) in [6.45, 7) is 3.16. The van der Waals surface area contributed by atoms with E-state index in [0.717, 1.165) is 0 Å². The number of phenols is 2. The van der Waals surface area contributed by atoms with Gasteiger partial charge in [-0.25, -0.2) is 0 Å². The number of benzene rings is 2. The average Bonchev–Trinajstić information content (AvgIpc) is 2.82. The van der Waals surface area contributed by atoms with E-state index in [-0.39, 0.29) is 52.6 Å². The fraction of sp³-hybridized carbons (Fsp3) is 0.462. The van der Waals surface area contributed by atoms with Crippen molar-refractivity contribution in [1.82, 2.24) is 0 Å². The molecule has 0 bridgehead atoms. The lowest BCUT2D eigenvalue weighted by Gasteiger charge is -2.44. The second-order valence-corrected chi connectivity index (χ2v) is 10.1. The van der Waals surface area contributed by atoms with Gasteiger partial charge in [-0.3, -0.25) is 9.59 Å². The Morgan fingerprint density at radius 2 is 1.69 bits per heavy atom. The summed E-state index contributed by atoms with van der Waals surface area (Å²) in [7, 11) is 0. The van der Waals surface area contributed by atoms with Crippen LogP contribution in [0, 0.1) is 0 Å². The van der Waals surface area contributed by atoms with Crippen molar-refractivity contribution in [3.05, 3.63) is 57.6 Å². The van der Waals surface area contributed by atoms with Crippen LogP contribution in [0.2, 0.25) is 0 Å². The van der Waals surface area contributed by atoms with Gasteiger partial charge in [-0.15, -0.1) is 0 Å². The summed E-state index contributed by atoms with van der Waals surface area (Å²) in [5.41, 5.74) is 11.2. The molecule has 0 radical (unpaired) electrons. The van der Waals surface area contributed by atoms with Crippen LogP contribution in [0.5, 0.6) is 11.5 Å². The Kier molecular flexibility index (Phi) is 5.94. The third-order valence-electron chi connectivity index (χ3n) is 7.75. The molecule has 1 saturated heterocycles. The normalized spacial score (nSPS) is 32.4. The van der Waals surface area contributed by atoms with E-state index in [2.05, 4.69) is 0 Å². The number of nitrogens with two attached hydrogens (primary N) is 2. The molecule has 0 saturated carbocycles. The van der Waals surface area contributed by atoms with Gasteiger partial charge in [-0.1, -0.05) is 24.3 Å². The van der Waals surface area contributed by atoms with Gasteiger partial charge in [0.2, 0.25) is 0 Å². The Hall–Kier alpha value is -2.86. The molecule has 1 unspecified atom stereocenters. The SMILES string of the molecule is CC(O)[C@]1(N)Cc2c(O)c3c(c(O)c2[C@@H](O[C@H]2C[C@H](N)[C@@H](O)[C@H](C)O2)C1)C(=O)c1ccccc1C3=O. The lowest BCUT2D eigenvalue weighted by molar-refractivity contribution is -0.244. The molecule has 192 valence electrons. The quantitative estimate of drug-likeness (QED) is 0.282. The summed E-state index contributed by atoms with van der Waals surface area (Å²) in [6.07, 6.45) is -4.35. The number of hydrogen-bond donors (Lipinski definition) is 6. The molecule has 3 aliphatic rings. The monoisotopic (exact) mass is 498 g/mol. The van der Waals surface area contributed by atoms with Gasteiger partial charge in [0.25, 0.3) is 0 Å². The van der Waals surface area contributed by atoms with Crippen molar-refractivity contribution in [2.24, 2.45) is 11.5 Å². The molecule has 2 aromatic carbocycles. The van der Waals surface area contributed by atoms with Crippen LogP contribution in [-0.2, 0) is 15.9 Å². The predicted octanol–water partition coefficient (Wildman–Crippen LogP) is 0.779. The number of hydrogen-bond acceptors (Lipinski definition) is 10. The third kappa shape index (κ3) is 3.64. The van der Waals surface area contributed by atoms with Crippen LogP contribution in [-0.4, -0.2) is 68.2 Å². The Bertz CT molecular complexity index is 1250. The Morgan fingerprint density at radius 3 is 2.25 bits per heavy atom. The van der Waals surface area contributed by atoms with Gasteiger partial charge in [0.1, 0.15) is 11.5 Å². The number of carbonyl (C=O) groups is 2. The van der Waals surface area contributed by atoms with Crippen LogP contribution >= 0.6 is 0 Å². The highest BCUT2D eigenvalue weighted by molar-refractivity contribution is 6.30. The Labute approximate surface area is 207 Å². The minimum atomic E-state index is -1.28. The van der Waals surface area contributed by atoms with E-state index >= 15 is 0 Å². The summed E-state index contributed by atoms with van der Waals surface area (Å²) in [5, 5.41) is 43.3. The predicted molar refractivity (Wildman–Crippen MR) is 127 cm³/mol. The highest BCUT2D eigenvalue weighted by Gasteiger charge is 2.48. The molecular weight excluding hydrogens is 468 g/mol. The molecule has 36 heavy (non-hydrogen) atoms. The largest absolute Gasteiger partial charge is 0.507 e. The van der Waals surface area contributed by atoms with Crippen molar-refractivity contribution < 1.29 is 39.5 Å². The molecule has 10 nitrogen and oxygen atoms in total. The van der Waals surface area contributed by atoms with Crippen molar-refractivity contribution in [1.29, 1.82) is 0 Å². The maximum atomic E-state index is 13.4. The summed E-state index contributed by atoms with van der Waals surface area (Å²) in [4.78, 5) is 26.7. The van der Waals surface area contributed by atoms with Gasteiger partial charge in [-0.2, -0.15) is 0 Å². The first-order chi connectivity index (χ1) is 16.9. The van der Waals surface area contributed by atoms with Gasteiger partial charge >= 0.3 is 0 Å². The van der Waals surface area contributed by atoms with Gasteiger partial charge in [-0.05, 0) is 26.7 Å². The molecule has 1 aliphatic heterocycles. The van der Waals surface area contributed by atoms with E-state index in [4.69, 9.17) is 20.9 Å². The van der Waals surface area contributed by atoms with Gasteiger partial charge in [0.15, 0.2) is 17.9 Å². The van der Waals surface area contributed by atoms with Crippen LogP contribution in [0.1, 0.15) is 75.8 Å². The van der Waals surface area contributed by atoms with Crippen LogP contribution in [0.3, 0.4) is 0 Å². The molecule has 2 aromatic rings. The van der Waals surface area contributed by atoms with Crippen LogP contribution in [0.25, 0.3) is 0 Å². The molecule has 5 rings (SSSR count). The number of ether oxygens (including phenoxy) is 2. The molecule has 7 atom stereocenters. The second-order valence-electron chi connectivity index (χ2n) is 10.1. The first-order valence-corrected chi connectivity index (χ1v) is 11.9. The number of ketones is 2. The molecular formula is C26H30N2O8. The molecule has 0 spiro atoms. The molecule has 0 amide bonds. The Morgan fingerprint density at radius 1 is 1.11 bits per heavy atom.